The molecule has 0 radical (unpaired) electrons. The van der Waals surface area contributed by atoms with Crippen molar-refractivity contribution in [2.45, 2.75) is 45.6 Å². The second-order valence-corrected chi connectivity index (χ2v) is 9.23. The van der Waals surface area contributed by atoms with Crippen molar-refractivity contribution in [2.75, 3.05) is 26.2 Å². The summed E-state index contributed by atoms with van der Waals surface area (Å²) in [4.78, 5) is 35.3. The summed E-state index contributed by atoms with van der Waals surface area (Å²) >= 11 is 0. The van der Waals surface area contributed by atoms with Crippen molar-refractivity contribution in [3.8, 4) is 0 Å². The van der Waals surface area contributed by atoms with Gasteiger partial charge < -0.3 is 20.0 Å². The van der Waals surface area contributed by atoms with Crippen molar-refractivity contribution in [1.82, 2.24) is 25.0 Å². The minimum absolute atomic E-state index is 0.0764. The molecule has 2 saturated heterocycles. The first kappa shape index (κ1) is 24.4. The highest BCUT2D eigenvalue weighted by molar-refractivity contribution is 6.07. The Balaban J connectivity index is 1.34. The number of allylic oxidation sites excluding steroid dienone is 3. The van der Waals surface area contributed by atoms with Gasteiger partial charge in [-0.05, 0) is 61.4 Å². The van der Waals surface area contributed by atoms with Crippen LogP contribution in [0.25, 0.3) is 0 Å². The summed E-state index contributed by atoms with van der Waals surface area (Å²) < 4.78 is 0. The number of fused-ring (bicyclic) bond motifs is 1. The molecule has 184 valence electrons. The fourth-order valence-electron chi connectivity index (χ4n) is 4.61. The number of nitrogens with one attached hydrogen (secondary N) is 3. The van der Waals surface area contributed by atoms with Gasteiger partial charge in [0.15, 0.2) is 0 Å². The molecule has 1 aromatic heterocycles. The first-order chi connectivity index (χ1) is 16.8. The Morgan fingerprint density at radius 1 is 1.09 bits per heavy atom. The van der Waals surface area contributed by atoms with Crippen LogP contribution in [-0.2, 0) is 13.0 Å². The zero-order valence-electron chi connectivity index (χ0n) is 20.3. The van der Waals surface area contributed by atoms with Gasteiger partial charge in [-0.2, -0.15) is 0 Å². The zero-order valence-corrected chi connectivity index (χ0v) is 20.3. The number of carbonyl (C=O) groups is 2. The van der Waals surface area contributed by atoms with E-state index in [1.165, 1.54) is 0 Å². The van der Waals surface area contributed by atoms with Crippen LogP contribution in [0.4, 0.5) is 4.79 Å². The summed E-state index contributed by atoms with van der Waals surface area (Å²) in [5.74, 6) is 0.441. The van der Waals surface area contributed by atoms with E-state index >= 15 is 0 Å². The number of aromatic nitrogens is 1. The van der Waals surface area contributed by atoms with Crippen LogP contribution in [-0.4, -0.2) is 69.5 Å². The van der Waals surface area contributed by atoms with Gasteiger partial charge in [-0.25, -0.2) is 4.79 Å². The average molecular weight is 476 g/mol. The van der Waals surface area contributed by atoms with Gasteiger partial charge in [0.25, 0.3) is 5.91 Å². The van der Waals surface area contributed by atoms with Gasteiger partial charge in [0.05, 0.1) is 0 Å². The van der Waals surface area contributed by atoms with Gasteiger partial charge in [-0.3, -0.25) is 20.6 Å². The lowest BCUT2D eigenvalue weighted by Gasteiger charge is -2.32. The fraction of sp³-hybridized carbons (Fsp3) is 0.423. The maximum Gasteiger partial charge on any atom is 0.320 e. The summed E-state index contributed by atoms with van der Waals surface area (Å²) in [6.07, 6.45) is 11.4. The van der Waals surface area contributed by atoms with Crippen LogP contribution in [0.1, 0.15) is 54.2 Å². The Kier molecular flexibility index (Phi) is 7.43. The summed E-state index contributed by atoms with van der Waals surface area (Å²) in [5.41, 5.74) is 3.45. The lowest BCUT2D eigenvalue weighted by molar-refractivity contribution is 0.0962. The number of rotatable bonds is 5. The van der Waals surface area contributed by atoms with Crippen molar-refractivity contribution < 1.29 is 9.59 Å². The Morgan fingerprint density at radius 2 is 1.86 bits per heavy atom. The molecule has 0 aromatic carbocycles. The predicted octanol–water partition coefficient (Wildman–Crippen LogP) is 3.45. The molecule has 2 fully saturated rings. The predicted molar refractivity (Wildman–Crippen MR) is 135 cm³/mol. The molecule has 4 rings (SSSR count). The molecule has 0 unspecified atom stereocenters. The summed E-state index contributed by atoms with van der Waals surface area (Å²) in [7, 11) is 0. The molecule has 3 aliphatic heterocycles. The third-order valence-corrected chi connectivity index (χ3v) is 6.66. The molecule has 0 saturated carbocycles. The molecular weight excluding hydrogens is 442 g/mol. The SMILES string of the molecule is C=C(/C=C\C=C(/C)C(=N)N1CCCC1=N)NC(=O)c1cc2c(cn1)CCN(C(=O)N1CCCC1)C2. The van der Waals surface area contributed by atoms with E-state index in [-0.39, 0.29) is 17.6 Å². The van der Waals surface area contributed by atoms with E-state index in [1.807, 2.05) is 16.7 Å². The van der Waals surface area contributed by atoms with E-state index < -0.39 is 0 Å². The third-order valence-electron chi connectivity index (χ3n) is 6.66. The maximum atomic E-state index is 12.8. The van der Waals surface area contributed by atoms with Crippen LogP contribution in [0.3, 0.4) is 0 Å². The molecule has 9 nitrogen and oxygen atoms in total. The second-order valence-electron chi connectivity index (χ2n) is 9.23. The van der Waals surface area contributed by atoms with Crippen LogP contribution >= 0.6 is 0 Å². The van der Waals surface area contributed by atoms with Crippen molar-refractivity contribution in [1.29, 1.82) is 10.8 Å². The number of carbonyl (C=O) groups excluding carboxylic acids is 2. The summed E-state index contributed by atoms with van der Waals surface area (Å²) in [6, 6.07) is 1.84. The molecule has 1 aromatic rings. The molecule has 3 aliphatic rings. The van der Waals surface area contributed by atoms with Gasteiger partial charge in [0.2, 0.25) is 0 Å². The minimum atomic E-state index is -0.357. The number of likely N-dealkylation sites (tertiary alicyclic amines) is 2. The summed E-state index contributed by atoms with van der Waals surface area (Å²) in [6.45, 7) is 9.21. The van der Waals surface area contributed by atoms with E-state index in [0.717, 1.165) is 55.5 Å². The number of hydrogen-bond acceptors (Lipinski definition) is 5. The van der Waals surface area contributed by atoms with E-state index in [1.54, 1.807) is 35.4 Å². The Labute approximate surface area is 206 Å². The van der Waals surface area contributed by atoms with Gasteiger partial charge in [0, 0.05) is 51.0 Å². The number of pyridine rings is 1. The van der Waals surface area contributed by atoms with Gasteiger partial charge >= 0.3 is 6.03 Å². The van der Waals surface area contributed by atoms with Gasteiger partial charge in [-0.15, -0.1) is 0 Å². The van der Waals surface area contributed by atoms with Gasteiger partial charge in [-0.1, -0.05) is 18.7 Å². The van der Waals surface area contributed by atoms with E-state index in [0.29, 0.717) is 43.4 Å². The Bertz CT molecular complexity index is 1110. The Morgan fingerprint density at radius 3 is 2.57 bits per heavy atom. The molecule has 9 heteroatoms. The molecule has 0 bridgehead atoms. The molecule has 0 atom stereocenters. The van der Waals surface area contributed by atoms with Gasteiger partial charge in [0.1, 0.15) is 17.4 Å². The van der Waals surface area contributed by atoms with Crippen molar-refractivity contribution in [3.63, 3.8) is 0 Å². The van der Waals surface area contributed by atoms with E-state index in [4.69, 9.17) is 10.8 Å². The largest absolute Gasteiger partial charge is 0.325 e. The van der Waals surface area contributed by atoms with E-state index in [9.17, 15) is 9.59 Å². The zero-order chi connectivity index (χ0) is 24.9. The highest BCUT2D eigenvalue weighted by atomic mass is 16.2. The second kappa shape index (κ2) is 10.7. The molecule has 4 heterocycles. The molecule has 3 amide bonds. The number of amides is 3. The first-order valence-corrected chi connectivity index (χ1v) is 12.1. The lowest BCUT2D eigenvalue weighted by atomic mass is 10.0. The lowest BCUT2D eigenvalue weighted by Crippen LogP contribution is -2.44. The van der Waals surface area contributed by atoms with Crippen LogP contribution in [0.5, 0.6) is 0 Å². The van der Waals surface area contributed by atoms with Crippen LogP contribution < -0.4 is 5.32 Å². The fourth-order valence-corrected chi connectivity index (χ4v) is 4.61. The van der Waals surface area contributed by atoms with Crippen LogP contribution in [0, 0.1) is 10.8 Å². The molecule has 3 N–H and O–H groups in total. The standard InChI is InChI=1S/C26H33N7O2/c1-18(24(28)33-13-6-9-23(33)27)7-5-8-19(2)30-25(34)22-15-21-17-32(14-10-20(21)16-29-22)26(35)31-11-3-4-12-31/h5,7-8,15-16,27-28H,2-4,6,9-14,17H2,1H3,(H,30,34)/b8-5-,18-7+,27-23?,28-24?. The van der Waals surface area contributed by atoms with Crippen LogP contribution in [0.2, 0.25) is 0 Å². The maximum absolute atomic E-state index is 12.8. The number of amidine groups is 2. The van der Waals surface area contributed by atoms with Crippen LogP contribution in [0.15, 0.2) is 48.3 Å². The highest BCUT2D eigenvalue weighted by Crippen LogP contribution is 2.22. The number of hydrogen-bond donors (Lipinski definition) is 3. The van der Waals surface area contributed by atoms with E-state index in [2.05, 4.69) is 16.9 Å². The quantitative estimate of drug-likeness (QED) is 0.344. The average Bonchev–Trinajstić information content (AvgIpc) is 3.54. The molecule has 0 aliphatic carbocycles. The third kappa shape index (κ3) is 5.67. The molecule has 35 heavy (non-hydrogen) atoms. The number of urea groups is 1. The first-order valence-electron chi connectivity index (χ1n) is 12.1. The normalized spacial score (nSPS) is 18.3. The van der Waals surface area contributed by atoms with Crippen molar-refractivity contribution >= 4 is 23.6 Å². The minimum Gasteiger partial charge on any atom is -0.325 e. The Hall–Kier alpha value is -3.75. The topological polar surface area (TPSA) is 116 Å². The van der Waals surface area contributed by atoms with Crippen molar-refractivity contribution in [3.05, 3.63) is 65.2 Å². The summed E-state index contributed by atoms with van der Waals surface area (Å²) in [5, 5.41) is 18.9. The monoisotopic (exact) mass is 475 g/mol. The van der Waals surface area contributed by atoms with Crippen molar-refractivity contribution in [2.24, 2.45) is 0 Å². The number of nitrogens with zero attached hydrogens (tertiary/aromatic N) is 4. The highest BCUT2D eigenvalue weighted by Gasteiger charge is 2.27. The smallest absolute Gasteiger partial charge is 0.320 e. The molecular formula is C26H33N7O2. The molecule has 0 spiro atoms.